The molecule has 0 spiro atoms. The van der Waals surface area contributed by atoms with Crippen LogP contribution in [0.5, 0.6) is 5.75 Å². The van der Waals surface area contributed by atoms with E-state index in [2.05, 4.69) is 22.8 Å². The SMILES string of the molecule is COc1ccc(N2CC(NC(=O)NCCCc3ccccc3)CC2=O)cc1. The van der Waals surface area contributed by atoms with E-state index in [1.165, 1.54) is 5.56 Å². The van der Waals surface area contributed by atoms with Crippen molar-refractivity contribution < 1.29 is 14.3 Å². The molecule has 0 aromatic heterocycles. The molecule has 1 unspecified atom stereocenters. The van der Waals surface area contributed by atoms with Crippen LogP contribution in [0.2, 0.25) is 0 Å². The van der Waals surface area contributed by atoms with Gasteiger partial charge >= 0.3 is 6.03 Å². The molecule has 1 aliphatic heterocycles. The van der Waals surface area contributed by atoms with Crippen LogP contribution in [-0.2, 0) is 11.2 Å². The molecule has 1 saturated heterocycles. The molecule has 1 fully saturated rings. The maximum Gasteiger partial charge on any atom is 0.315 e. The first-order valence-electron chi connectivity index (χ1n) is 9.18. The molecule has 3 amide bonds. The molecule has 0 bridgehead atoms. The standard InChI is InChI=1S/C21H25N3O3/c1-27-19-11-9-18(10-12-19)24-15-17(14-20(24)25)23-21(26)22-13-5-8-16-6-3-2-4-7-16/h2-4,6-7,9-12,17H,5,8,13-15H2,1H3,(H2,22,23,26). The van der Waals surface area contributed by atoms with Crippen molar-refractivity contribution in [1.29, 1.82) is 0 Å². The highest BCUT2D eigenvalue weighted by Crippen LogP contribution is 2.24. The Morgan fingerprint density at radius 1 is 1.15 bits per heavy atom. The van der Waals surface area contributed by atoms with E-state index >= 15 is 0 Å². The van der Waals surface area contributed by atoms with Crippen LogP contribution in [0.3, 0.4) is 0 Å². The number of hydrogen-bond acceptors (Lipinski definition) is 3. The number of nitrogens with zero attached hydrogens (tertiary/aromatic N) is 1. The quantitative estimate of drug-likeness (QED) is 0.739. The number of amides is 3. The van der Waals surface area contributed by atoms with Gasteiger partial charge in [0.2, 0.25) is 5.91 Å². The fraction of sp³-hybridized carbons (Fsp3) is 0.333. The topological polar surface area (TPSA) is 70.7 Å². The number of ether oxygens (including phenoxy) is 1. The minimum atomic E-state index is -0.225. The van der Waals surface area contributed by atoms with E-state index in [0.717, 1.165) is 24.3 Å². The van der Waals surface area contributed by atoms with E-state index in [0.29, 0.717) is 19.5 Å². The summed E-state index contributed by atoms with van der Waals surface area (Å²) in [4.78, 5) is 26.0. The minimum Gasteiger partial charge on any atom is -0.497 e. The lowest BCUT2D eigenvalue weighted by Crippen LogP contribution is -2.43. The van der Waals surface area contributed by atoms with E-state index in [4.69, 9.17) is 4.74 Å². The number of nitrogens with one attached hydrogen (secondary N) is 2. The van der Waals surface area contributed by atoms with E-state index in [1.807, 2.05) is 42.5 Å². The van der Waals surface area contributed by atoms with Crippen LogP contribution in [-0.4, -0.2) is 38.2 Å². The van der Waals surface area contributed by atoms with Gasteiger partial charge in [-0.3, -0.25) is 4.79 Å². The summed E-state index contributed by atoms with van der Waals surface area (Å²) in [6.45, 7) is 1.08. The van der Waals surface area contributed by atoms with E-state index in [1.54, 1.807) is 12.0 Å². The first-order chi connectivity index (χ1) is 13.2. The molecule has 1 atom stereocenters. The van der Waals surface area contributed by atoms with Gasteiger partial charge in [-0.25, -0.2) is 4.79 Å². The lowest BCUT2D eigenvalue weighted by atomic mass is 10.1. The van der Waals surface area contributed by atoms with Crippen molar-refractivity contribution >= 4 is 17.6 Å². The number of aryl methyl sites for hydroxylation is 1. The van der Waals surface area contributed by atoms with Gasteiger partial charge in [0, 0.05) is 25.2 Å². The third kappa shape index (κ3) is 5.23. The molecule has 6 heteroatoms. The van der Waals surface area contributed by atoms with E-state index in [-0.39, 0.29) is 18.0 Å². The molecule has 27 heavy (non-hydrogen) atoms. The highest BCUT2D eigenvalue weighted by atomic mass is 16.5. The molecule has 0 saturated carbocycles. The Bertz CT molecular complexity index is 762. The monoisotopic (exact) mass is 367 g/mol. The molecule has 0 radical (unpaired) electrons. The summed E-state index contributed by atoms with van der Waals surface area (Å²) in [5, 5.41) is 5.76. The van der Waals surface area contributed by atoms with Gasteiger partial charge in [-0.15, -0.1) is 0 Å². The average molecular weight is 367 g/mol. The third-order valence-electron chi connectivity index (χ3n) is 4.61. The summed E-state index contributed by atoms with van der Waals surface area (Å²) in [5.41, 5.74) is 2.07. The van der Waals surface area contributed by atoms with Crippen molar-refractivity contribution in [2.45, 2.75) is 25.3 Å². The van der Waals surface area contributed by atoms with Crippen LogP contribution in [0.4, 0.5) is 10.5 Å². The first-order valence-corrected chi connectivity index (χ1v) is 9.18. The molecular formula is C21H25N3O3. The number of carbonyl (C=O) groups excluding carboxylic acids is 2. The minimum absolute atomic E-state index is 0.00884. The second-order valence-electron chi connectivity index (χ2n) is 6.59. The summed E-state index contributed by atoms with van der Waals surface area (Å²) in [5.74, 6) is 0.754. The zero-order chi connectivity index (χ0) is 19.1. The Labute approximate surface area is 159 Å². The lowest BCUT2D eigenvalue weighted by molar-refractivity contribution is -0.117. The maximum atomic E-state index is 12.3. The Balaban J connectivity index is 1.41. The lowest BCUT2D eigenvalue weighted by Gasteiger charge is -2.17. The Kier molecular flexibility index (Phi) is 6.30. The van der Waals surface area contributed by atoms with Gasteiger partial charge in [-0.05, 0) is 42.7 Å². The Hall–Kier alpha value is -3.02. The normalized spacial score (nSPS) is 16.3. The van der Waals surface area contributed by atoms with Gasteiger partial charge in [0.15, 0.2) is 0 Å². The van der Waals surface area contributed by atoms with E-state index < -0.39 is 0 Å². The number of hydrogen-bond donors (Lipinski definition) is 2. The zero-order valence-electron chi connectivity index (χ0n) is 15.5. The van der Waals surface area contributed by atoms with Crippen molar-refractivity contribution in [2.75, 3.05) is 25.1 Å². The second-order valence-corrected chi connectivity index (χ2v) is 6.59. The summed E-state index contributed by atoms with van der Waals surface area (Å²) < 4.78 is 5.14. The second kappa shape index (κ2) is 9.07. The van der Waals surface area contributed by atoms with Gasteiger partial charge in [0.05, 0.1) is 13.2 Å². The van der Waals surface area contributed by atoms with Crippen molar-refractivity contribution in [1.82, 2.24) is 10.6 Å². The number of anilines is 1. The third-order valence-corrected chi connectivity index (χ3v) is 4.61. The fourth-order valence-corrected chi connectivity index (χ4v) is 3.19. The number of benzene rings is 2. The van der Waals surface area contributed by atoms with Crippen LogP contribution >= 0.6 is 0 Å². The largest absolute Gasteiger partial charge is 0.497 e. The average Bonchev–Trinajstić information content (AvgIpc) is 3.06. The highest BCUT2D eigenvalue weighted by Gasteiger charge is 2.31. The summed E-state index contributed by atoms with van der Waals surface area (Å²) >= 11 is 0. The molecular weight excluding hydrogens is 342 g/mol. The predicted molar refractivity (Wildman–Crippen MR) is 105 cm³/mol. The molecule has 1 heterocycles. The van der Waals surface area contributed by atoms with Gasteiger partial charge in [-0.2, -0.15) is 0 Å². The van der Waals surface area contributed by atoms with Crippen LogP contribution < -0.4 is 20.3 Å². The van der Waals surface area contributed by atoms with Gasteiger partial charge in [0.1, 0.15) is 5.75 Å². The molecule has 142 valence electrons. The zero-order valence-corrected chi connectivity index (χ0v) is 15.5. The highest BCUT2D eigenvalue weighted by molar-refractivity contribution is 5.96. The van der Waals surface area contributed by atoms with Crippen molar-refractivity contribution in [3.63, 3.8) is 0 Å². The molecule has 2 aromatic carbocycles. The van der Waals surface area contributed by atoms with Crippen molar-refractivity contribution in [2.24, 2.45) is 0 Å². The van der Waals surface area contributed by atoms with Gasteiger partial charge in [0.25, 0.3) is 0 Å². The van der Waals surface area contributed by atoms with Crippen molar-refractivity contribution in [3.05, 3.63) is 60.2 Å². The van der Waals surface area contributed by atoms with Crippen LogP contribution in [0.25, 0.3) is 0 Å². The molecule has 3 rings (SSSR count). The molecule has 0 aliphatic carbocycles. The molecule has 1 aliphatic rings. The summed E-state index contributed by atoms with van der Waals surface area (Å²) in [7, 11) is 1.61. The summed E-state index contributed by atoms with van der Waals surface area (Å²) in [6.07, 6.45) is 2.11. The van der Waals surface area contributed by atoms with Crippen LogP contribution in [0, 0.1) is 0 Å². The maximum absolute atomic E-state index is 12.3. The molecule has 2 aromatic rings. The number of methoxy groups -OCH3 is 1. The molecule has 2 N–H and O–H groups in total. The smallest absolute Gasteiger partial charge is 0.315 e. The van der Waals surface area contributed by atoms with Crippen LogP contribution in [0.1, 0.15) is 18.4 Å². The number of rotatable bonds is 7. The van der Waals surface area contributed by atoms with Crippen LogP contribution in [0.15, 0.2) is 54.6 Å². The number of carbonyl (C=O) groups is 2. The predicted octanol–water partition coefficient (Wildman–Crippen LogP) is 2.73. The summed E-state index contributed by atoms with van der Waals surface area (Å²) in [6, 6.07) is 17.1. The van der Waals surface area contributed by atoms with Crippen molar-refractivity contribution in [3.8, 4) is 5.75 Å². The number of urea groups is 1. The fourth-order valence-electron chi connectivity index (χ4n) is 3.19. The Morgan fingerprint density at radius 3 is 2.59 bits per heavy atom. The van der Waals surface area contributed by atoms with E-state index in [9.17, 15) is 9.59 Å². The first kappa shape index (κ1) is 18.8. The Morgan fingerprint density at radius 2 is 1.89 bits per heavy atom. The van der Waals surface area contributed by atoms with Gasteiger partial charge < -0.3 is 20.3 Å². The molecule has 6 nitrogen and oxygen atoms in total. The van der Waals surface area contributed by atoms with Gasteiger partial charge in [-0.1, -0.05) is 30.3 Å².